The number of carbonyl (C=O) groups is 2. The fourth-order valence-corrected chi connectivity index (χ4v) is 3.45. The number of halogens is 2. The van der Waals surface area contributed by atoms with Crippen LogP contribution in [0.3, 0.4) is 0 Å². The van der Waals surface area contributed by atoms with Crippen molar-refractivity contribution in [2.75, 3.05) is 6.54 Å². The van der Waals surface area contributed by atoms with E-state index in [1.54, 1.807) is 10.8 Å². The second-order valence-corrected chi connectivity index (χ2v) is 8.01. The van der Waals surface area contributed by atoms with Crippen molar-refractivity contribution in [2.24, 2.45) is 0 Å². The zero-order valence-electron chi connectivity index (χ0n) is 17.6. The second-order valence-electron chi connectivity index (χ2n) is 7.21. The monoisotopic (exact) mass is 470 g/mol. The smallest absolute Gasteiger partial charge is 0.244 e. The Hall–Kier alpha value is -3.09. The lowest BCUT2D eigenvalue weighted by atomic mass is 10.2. The van der Waals surface area contributed by atoms with Crippen molar-refractivity contribution in [1.82, 2.24) is 20.4 Å². The fourth-order valence-electron chi connectivity index (χ4n) is 3.03. The van der Waals surface area contributed by atoms with E-state index in [9.17, 15) is 9.59 Å². The van der Waals surface area contributed by atoms with Gasteiger partial charge in [0.15, 0.2) is 0 Å². The van der Waals surface area contributed by atoms with E-state index < -0.39 is 0 Å². The highest BCUT2D eigenvalue weighted by Crippen LogP contribution is 2.22. The Morgan fingerprint density at radius 2 is 1.72 bits per heavy atom. The Bertz CT molecular complexity index is 1090. The van der Waals surface area contributed by atoms with Crippen molar-refractivity contribution >= 4 is 41.1 Å². The normalized spacial score (nSPS) is 11.0. The molecule has 166 valence electrons. The van der Waals surface area contributed by atoms with Gasteiger partial charge in [-0.1, -0.05) is 65.7 Å². The molecule has 0 saturated carbocycles. The van der Waals surface area contributed by atoms with Crippen LogP contribution in [-0.2, 0) is 22.7 Å². The lowest BCUT2D eigenvalue weighted by Crippen LogP contribution is -2.29. The molecule has 0 saturated heterocycles. The van der Waals surface area contributed by atoms with Crippen LogP contribution >= 0.6 is 23.2 Å². The van der Waals surface area contributed by atoms with Crippen LogP contribution in [0.2, 0.25) is 10.2 Å². The van der Waals surface area contributed by atoms with Crippen molar-refractivity contribution in [3.8, 4) is 0 Å². The molecular weight excluding hydrogens is 447 g/mol. The third-order valence-electron chi connectivity index (χ3n) is 4.74. The van der Waals surface area contributed by atoms with Gasteiger partial charge in [0.2, 0.25) is 11.8 Å². The highest BCUT2D eigenvalue weighted by atomic mass is 35.5. The summed E-state index contributed by atoms with van der Waals surface area (Å²) in [6, 6.07) is 17.1. The van der Waals surface area contributed by atoms with Crippen molar-refractivity contribution in [3.05, 3.63) is 93.2 Å². The predicted molar refractivity (Wildman–Crippen MR) is 127 cm³/mol. The number of rotatable bonds is 9. The molecular formula is C24H24Cl2N4O2. The summed E-state index contributed by atoms with van der Waals surface area (Å²) in [6.45, 7) is 3.03. The van der Waals surface area contributed by atoms with Crippen LogP contribution in [0.15, 0.2) is 60.7 Å². The van der Waals surface area contributed by atoms with Gasteiger partial charge in [-0.2, -0.15) is 5.10 Å². The molecule has 2 aromatic carbocycles. The second kappa shape index (κ2) is 11.5. The average Bonchev–Trinajstić information content (AvgIpc) is 3.05. The van der Waals surface area contributed by atoms with E-state index in [1.165, 1.54) is 6.08 Å². The zero-order chi connectivity index (χ0) is 22.9. The van der Waals surface area contributed by atoms with Crippen molar-refractivity contribution in [2.45, 2.75) is 26.4 Å². The molecule has 0 atom stereocenters. The molecule has 8 heteroatoms. The van der Waals surface area contributed by atoms with Gasteiger partial charge in [0, 0.05) is 36.2 Å². The van der Waals surface area contributed by atoms with E-state index in [4.69, 9.17) is 23.2 Å². The predicted octanol–water partition coefficient (Wildman–Crippen LogP) is 4.38. The Morgan fingerprint density at radius 1 is 1.00 bits per heavy atom. The van der Waals surface area contributed by atoms with Gasteiger partial charge in [-0.25, -0.2) is 4.68 Å². The topological polar surface area (TPSA) is 76.0 Å². The average molecular weight is 471 g/mol. The summed E-state index contributed by atoms with van der Waals surface area (Å²) in [6.07, 6.45) is 3.23. The number of hydrogen-bond acceptors (Lipinski definition) is 3. The summed E-state index contributed by atoms with van der Waals surface area (Å²) >= 11 is 12.4. The number of nitrogens with zero attached hydrogens (tertiary/aromatic N) is 2. The Balaban J connectivity index is 1.47. The van der Waals surface area contributed by atoms with Crippen molar-refractivity contribution in [3.63, 3.8) is 0 Å². The van der Waals surface area contributed by atoms with E-state index in [1.807, 2.05) is 61.5 Å². The van der Waals surface area contributed by atoms with E-state index in [0.717, 1.165) is 11.1 Å². The molecule has 0 aliphatic heterocycles. The molecule has 3 rings (SSSR count). The number of aryl methyl sites for hydroxylation is 1. The van der Waals surface area contributed by atoms with Gasteiger partial charge in [0.25, 0.3) is 0 Å². The lowest BCUT2D eigenvalue weighted by molar-refractivity contribution is -0.121. The van der Waals surface area contributed by atoms with E-state index in [-0.39, 0.29) is 24.8 Å². The van der Waals surface area contributed by atoms with E-state index in [0.29, 0.717) is 34.5 Å². The zero-order valence-corrected chi connectivity index (χ0v) is 19.2. The first-order valence-corrected chi connectivity index (χ1v) is 10.9. The minimum atomic E-state index is -0.304. The van der Waals surface area contributed by atoms with Crippen LogP contribution < -0.4 is 10.6 Å². The van der Waals surface area contributed by atoms with Crippen LogP contribution in [0, 0.1) is 6.92 Å². The van der Waals surface area contributed by atoms with Crippen LogP contribution in [0.1, 0.15) is 28.8 Å². The Morgan fingerprint density at radius 3 is 2.44 bits per heavy atom. The number of aromatic nitrogens is 2. The lowest BCUT2D eigenvalue weighted by Gasteiger charge is -2.06. The molecule has 2 amide bonds. The van der Waals surface area contributed by atoms with Gasteiger partial charge < -0.3 is 10.6 Å². The number of benzene rings is 2. The first kappa shape index (κ1) is 23.6. The first-order valence-electron chi connectivity index (χ1n) is 10.2. The van der Waals surface area contributed by atoms with Gasteiger partial charge in [-0.3, -0.25) is 9.59 Å². The van der Waals surface area contributed by atoms with Crippen molar-refractivity contribution in [1.29, 1.82) is 0 Å². The fraction of sp³-hybridized carbons (Fsp3) is 0.208. The van der Waals surface area contributed by atoms with Crippen LogP contribution in [0.5, 0.6) is 0 Å². The summed E-state index contributed by atoms with van der Waals surface area (Å²) in [7, 11) is 0. The molecule has 0 aliphatic carbocycles. The largest absolute Gasteiger partial charge is 0.352 e. The molecule has 6 nitrogen and oxygen atoms in total. The number of carbonyl (C=O) groups excluding carboxylic acids is 2. The Kier molecular flexibility index (Phi) is 8.48. The quantitative estimate of drug-likeness (QED) is 0.455. The molecule has 1 heterocycles. The SMILES string of the molecule is Cc1nn(Cc2ccc(Cl)cc2)c(Cl)c1/C=C/C(=O)NCCC(=O)NCc1ccccc1. The van der Waals surface area contributed by atoms with Gasteiger partial charge in [-0.05, 0) is 36.3 Å². The molecule has 0 aliphatic rings. The molecule has 0 bridgehead atoms. The molecule has 0 fully saturated rings. The maximum atomic E-state index is 12.1. The summed E-state index contributed by atoms with van der Waals surface area (Å²) in [5, 5.41) is 11.1. The minimum Gasteiger partial charge on any atom is -0.352 e. The van der Waals surface area contributed by atoms with Crippen LogP contribution in [-0.4, -0.2) is 28.1 Å². The molecule has 0 spiro atoms. The minimum absolute atomic E-state index is 0.125. The number of nitrogens with one attached hydrogen (secondary N) is 2. The number of hydrogen-bond donors (Lipinski definition) is 2. The number of amides is 2. The maximum absolute atomic E-state index is 12.1. The van der Waals surface area contributed by atoms with Gasteiger partial charge in [-0.15, -0.1) is 0 Å². The Labute approximate surface area is 197 Å². The third-order valence-corrected chi connectivity index (χ3v) is 5.39. The van der Waals surface area contributed by atoms with Crippen molar-refractivity contribution < 1.29 is 9.59 Å². The highest BCUT2D eigenvalue weighted by molar-refractivity contribution is 6.31. The molecule has 32 heavy (non-hydrogen) atoms. The van der Waals surface area contributed by atoms with Crippen LogP contribution in [0.4, 0.5) is 0 Å². The molecule has 0 unspecified atom stereocenters. The van der Waals surface area contributed by atoms with Crippen LogP contribution in [0.25, 0.3) is 6.08 Å². The molecule has 0 radical (unpaired) electrons. The summed E-state index contributed by atoms with van der Waals surface area (Å²) in [4.78, 5) is 24.0. The molecule has 3 aromatic rings. The van der Waals surface area contributed by atoms with E-state index >= 15 is 0 Å². The van der Waals surface area contributed by atoms with E-state index in [2.05, 4.69) is 15.7 Å². The standard InChI is InChI=1S/C24H24Cl2N4O2/c1-17-21(24(26)30(29-17)16-19-7-9-20(25)10-8-19)11-12-22(31)27-14-13-23(32)28-15-18-5-3-2-4-6-18/h2-12H,13-16H2,1H3,(H,27,31)(H,28,32)/b12-11+. The maximum Gasteiger partial charge on any atom is 0.244 e. The van der Waals surface area contributed by atoms with Gasteiger partial charge in [0.1, 0.15) is 5.15 Å². The van der Waals surface area contributed by atoms with Gasteiger partial charge in [0.05, 0.1) is 12.2 Å². The summed E-state index contributed by atoms with van der Waals surface area (Å²) in [5.41, 5.74) is 3.43. The van der Waals surface area contributed by atoms with Gasteiger partial charge >= 0.3 is 0 Å². The summed E-state index contributed by atoms with van der Waals surface area (Å²) in [5.74, 6) is -0.428. The third kappa shape index (κ3) is 6.97. The highest BCUT2D eigenvalue weighted by Gasteiger charge is 2.12. The first-order chi connectivity index (χ1) is 15.4. The molecule has 2 N–H and O–H groups in total. The summed E-state index contributed by atoms with van der Waals surface area (Å²) < 4.78 is 1.68. The molecule has 1 aromatic heterocycles.